The van der Waals surface area contributed by atoms with Gasteiger partial charge in [0.2, 0.25) is 0 Å². The average molecular weight is 212 g/mol. The zero-order chi connectivity index (χ0) is 10.9. The first kappa shape index (κ1) is 8.68. The Balaban J connectivity index is 1.88. The van der Waals surface area contributed by atoms with Gasteiger partial charge in [0.15, 0.2) is 11.6 Å². The molecule has 0 radical (unpaired) electrons. The van der Waals surface area contributed by atoms with Crippen LogP contribution in [0, 0.1) is 35.5 Å². The summed E-state index contributed by atoms with van der Waals surface area (Å²) >= 11 is 0. The molecule has 5 aliphatic carbocycles. The highest BCUT2D eigenvalue weighted by atomic mass is 16.1. The van der Waals surface area contributed by atoms with E-state index in [2.05, 4.69) is 24.3 Å². The Hall–Kier alpha value is -1.44. The molecule has 5 aliphatic rings. The summed E-state index contributed by atoms with van der Waals surface area (Å²) in [7, 11) is 0. The van der Waals surface area contributed by atoms with Gasteiger partial charge in [-0.25, -0.2) is 0 Å². The normalized spacial score (nSPS) is 51.2. The molecular weight excluding hydrogens is 200 g/mol. The van der Waals surface area contributed by atoms with Crippen LogP contribution in [-0.2, 0) is 9.59 Å². The summed E-state index contributed by atoms with van der Waals surface area (Å²) in [6, 6.07) is 0. The van der Waals surface area contributed by atoms with Crippen molar-refractivity contribution >= 4 is 11.6 Å². The predicted octanol–water partition coefficient (Wildman–Crippen LogP) is 1.54. The molecule has 0 heterocycles. The molecule has 0 aliphatic heterocycles. The number of ketones is 2. The fraction of sp³-hybridized carbons (Fsp3) is 0.429. The van der Waals surface area contributed by atoms with Crippen LogP contribution in [0.4, 0.5) is 0 Å². The predicted molar refractivity (Wildman–Crippen MR) is 58.4 cm³/mol. The van der Waals surface area contributed by atoms with Crippen molar-refractivity contribution in [2.24, 2.45) is 35.5 Å². The highest BCUT2D eigenvalue weighted by Gasteiger charge is 2.56. The lowest BCUT2D eigenvalue weighted by atomic mass is 9.47. The molecule has 0 saturated heterocycles. The Morgan fingerprint density at radius 3 is 1.38 bits per heavy atom. The zero-order valence-electron chi connectivity index (χ0n) is 8.74. The van der Waals surface area contributed by atoms with Crippen LogP contribution < -0.4 is 0 Å². The van der Waals surface area contributed by atoms with Crippen molar-refractivity contribution in [1.82, 2.24) is 0 Å². The van der Waals surface area contributed by atoms with E-state index in [1.54, 1.807) is 0 Å². The van der Waals surface area contributed by atoms with Gasteiger partial charge >= 0.3 is 0 Å². The van der Waals surface area contributed by atoms with E-state index in [1.165, 1.54) is 12.2 Å². The van der Waals surface area contributed by atoms with E-state index in [1.807, 2.05) is 0 Å². The summed E-state index contributed by atoms with van der Waals surface area (Å²) in [5, 5.41) is 0. The standard InChI is InChI=1S/C14H12O2/c15-11-5-6-12(16)14-10-4-3-9(13(11)14)7-1-2-8(7)10/h1-10,13-14H/t7-,8+,9-,10-,13-,14-/m0/s1. The number of hydrogen-bond donors (Lipinski definition) is 0. The van der Waals surface area contributed by atoms with E-state index < -0.39 is 0 Å². The topological polar surface area (TPSA) is 34.1 Å². The highest BCUT2D eigenvalue weighted by molar-refractivity contribution is 6.08. The lowest BCUT2D eigenvalue weighted by Crippen LogP contribution is -2.55. The lowest BCUT2D eigenvalue weighted by Gasteiger charge is -2.54. The molecule has 0 aromatic heterocycles. The molecule has 16 heavy (non-hydrogen) atoms. The second-order valence-electron chi connectivity index (χ2n) is 5.27. The van der Waals surface area contributed by atoms with Crippen molar-refractivity contribution in [1.29, 1.82) is 0 Å². The molecule has 0 aromatic carbocycles. The van der Waals surface area contributed by atoms with E-state index >= 15 is 0 Å². The van der Waals surface area contributed by atoms with Gasteiger partial charge < -0.3 is 0 Å². The third-order valence-corrected chi connectivity index (χ3v) is 4.73. The summed E-state index contributed by atoms with van der Waals surface area (Å²) in [5.74, 6) is 1.74. The summed E-state index contributed by atoms with van der Waals surface area (Å²) in [6.45, 7) is 0. The van der Waals surface area contributed by atoms with E-state index in [-0.39, 0.29) is 35.2 Å². The second kappa shape index (κ2) is 2.62. The maximum atomic E-state index is 11.9. The zero-order valence-corrected chi connectivity index (χ0v) is 8.74. The Kier molecular flexibility index (Phi) is 1.42. The first-order valence-corrected chi connectivity index (χ1v) is 5.90. The number of carbonyl (C=O) groups is 2. The van der Waals surface area contributed by atoms with E-state index in [0.717, 1.165) is 0 Å². The average Bonchev–Trinajstić information content (AvgIpc) is 2.23. The summed E-state index contributed by atoms with van der Waals surface area (Å²) in [5.41, 5.74) is 0. The molecule has 2 heteroatoms. The van der Waals surface area contributed by atoms with Gasteiger partial charge in [-0.05, 0) is 35.8 Å². The van der Waals surface area contributed by atoms with Crippen LogP contribution in [0.3, 0.4) is 0 Å². The molecule has 5 rings (SSSR count). The molecular formula is C14H12O2. The minimum absolute atomic E-state index is 0.0706. The van der Waals surface area contributed by atoms with Crippen LogP contribution in [0.1, 0.15) is 0 Å². The molecule has 0 aromatic rings. The van der Waals surface area contributed by atoms with Crippen molar-refractivity contribution < 1.29 is 9.59 Å². The first-order chi connectivity index (χ1) is 7.77. The minimum atomic E-state index is -0.0706. The Bertz CT molecular complexity index is 441. The summed E-state index contributed by atoms with van der Waals surface area (Å²) in [4.78, 5) is 23.9. The van der Waals surface area contributed by atoms with Crippen molar-refractivity contribution in [2.45, 2.75) is 0 Å². The van der Waals surface area contributed by atoms with E-state index in [4.69, 9.17) is 0 Å². The molecule has 1 saturated carbocycles. The highest BCUT2D eigenvalue weighted by Crippen LogP contribution is 2.57. The number of rotatable bonds is 0. The summed E-state index contributed by atoms with van der Waals surface area (Å²) in [6.07, 6.45) is 11.7. The van der Waals surface area contributed by atoms with Crippen LogP contribution in [0.15, 0.2) is 36.5 Å². The molecule has 0 unspecified atom stereocenters. The molecule has 0 amide bonds. The molecule has 0 N–H and O–H groups in total. The van der Waals surface area contributed by atoms with Gasteiger partial charge in [0, 0.05) is 11.8 Å². The lowest BCUT2D eigenvalue weighted by molar-refractivity contribution is -0.137. The monoisotopic (exact) mass is 212 g/mol. The van der Waals surface area contributed by atoms with Crippen LogP contribution in [0.5, 0.6) is 0 Å². The van der Waals surface area contributed by atoms with Gasteiger partial charge in [-0.1, -0.05) is 24.3 Å². The van der Waals surface area contributed by atoms with Crippen molar-refractivity contribution in [3.63, 3.8) is 0 Å². The second-order valence-corrected chi connectivity index (χ2v) is 5.27. The van der Waals surface area contributed by atoms with Gasteiger partial charge in [0.05, 0.1) is 0 Å². The van der Waals surface area contributed by atoms with Crippen molar-refractivity contribution in [3.05, 3.63) is 36.5 Å². The molecule has 0 spiro atoms. The van der Waals surface area contributed by atoms with Crippen LogP contribution in [0.2, 0.25) is 0 Å². The fourth-order valence-corrected chi connectivity index (χ4v) is 3.97. The number of allylic oxidation sites excluding steroid dienone is 6. The number of carbonyl (C=O) groups excluding carboxylic acids is 2. The smallest absolute Gasteiger partial charge is 0.160 e. The van der Waals surface area contributed by atoms with Crippen LogP contribution in [-0.4, -0.2) is 11.6 Å². The third-order valence-electron chi connectivity index (χ3n) is 4.73. The fourth-order valence-electron chi connectivity index (χ4n) is 3.97. The van der Waals surface area contributed by atoms with E-state index in [9.17, 15) is 9.59 Å². The van der Waals surface area contributed by atoms with E-state index in [0.29, 0.717) is 11.8 Å². The molecule has 1 fully saturated rings. The Morgan fingerprint density at radius 1 is 0.625 bits per heavy atom. The quantitative estimate of drug-likeness (QED) is 0.571. The van der Waals surface area contributed by atoms with Gasteiger partial charge in [-0.15, -0.1) is 0 Å². The van der Waals surface area contributed by atoms with Gasteiger partial charge in [-0.2, -0.15) is 0 Å². The largest absolute Gasteiger partial charge is 0.294 e. The maximum absolute atomic E-state index is 11.9. The maximum Gasteiger partial charge on any atom is 0.160 e. The van der Waals surface area contributed by atoms with Gasteiger partial charge in [0.1, 0.15) is 0 Å². The molecule has 2 bridgehead atoms. The van der Waals surface area contributed by atoms with Crippen LogP contribution >= 0.6 is 0 Å². The Morgan fingerprint density at radius 2 is 1.00 bits per heavy atom. The van der Waals surface area contributed by atoms with Gasteiger partial charge in [-0.3, -0.25) is 9.59 Å². The minimum Gasteiger partial charge on any atom is -0.294 e. The van der Waals surface area contributed by atoms with Crippen molar-refractivity contribution in [3.8, 4) is 0 Å². The van der Waals surface area contributed by atoms with Crippen molar-refractivity contribution in [2.75, 3.05) is 0 Å². The van der Waals surface area contributed by atoms with Crippen LogP contribution in [0.25, 0.3) is 0 Å². The van der Waals surface area contributed by atoms with Gasteiger partial charge in [0.25, 0.3) is 0 Å². The first-order valence-electron chi connectivity index (χ1n) is 5.90. The summed E-state index contributed by atoms with van der Waals surface area (Å²) < 4.78 is 0. The SMILES string of the molecule is O=C1C=CC(=O)[C@@H]2[C@H]3C=C[C@@H]([C@@H]4C=C[C@@H]43)[C@@H]12. The molecule has 80 valence electrons. The molecule has 6 atom stereocenters. The third kappa shape index (κ3) is 0.809. The number of hydrogen-bond acceptors (Lipinski definition) is 2. The Labute approximate surface area is 93.7 Å². The molecule has 2 nitrogen and oxygen atoms in total.